The summed E-state index contributed by atoms with van der Waals surface area (Å²) in [5, 5.41) is 10.3. The molecule has 0 saturated heterocycles. The van der Waals surface area contributed by atoms with Gasteiger partial charge in [0.2, 0.25) is 0 Å². The van der Waals surface area contributed by atoms with Gasteiger partial charge in [-0.2, -0.15) is 0 Å². The Bertz CT molecular complexity index is 561. The maximum Gasteiger partial charge on any atom is 0.0699 e. The van der Waals surface area contributed by atoms with Crippen molar-refractivity contribution in [3.8, 4) is 5.69 Å². The number of hydrogen-bond donors (Lipinski definition) is 1. The van der Waals surface area contributed by atoms with E-state index in [-0.39, 0.29) is 6.61 Å². The zero-order valence-electron chi connectivity index (χ0n) is 9.67. The van der Waals surface area contributed by atoms with Crippen LogP contribution >= 0.6 is 23.2 Å². The first-order chi connectivity index (χ1) is 8.04. The number of aliphatic hydroxyl groups excluding tert-OH is 1. The Morgan fingerprint density at radius 1 is 1.12 bits per heavy atom. The van der Waals surface area contributed by atoms with Crippen molar-refractivity contribution in [2.45, 2.75) is 20.5 Å². The van der Waals surface area contributed by atoms with Crippen molar-refractivity contribution in [1.29, 1.82) is 0 Å². The molecule has 0 amide bonds. The molecule has 1 heterocycles. The van der Waals surface area contributed by atoms with Crippen molar-refractivity contribution in [3.05, 3.63) is 51.3 Å². The van der Waals surface area contributed by atoms with Crippen LogP contribution in [0, 0.1) is 13.8 Å². The molecule has 0 aliphatic carbocycles. The van der Waals surface area contributed by atoms with Crippen LogP contribution in [-0.2, 0) is 6.61 Å². The van der Waals surface area contributed by atoms with Gasteiger partial charge in [-0.1, -0.05) is 23.2 Å². The average molecular weight is 270 g/mol. The van der Waals surface area contributed by atoms with Crippen LogP contribution in [0.15, 0.2) is 24.3 Å². The largest absolute Gasteiger partial charge is 0.392 e. The van der Waals surface area contributed by atoms with Crippen LogP contribution in [-0.4, -0.2) is 9.67 Å². The second kappa shape index (κ2) is 4.73. The summed E-state index contributed by atoms with van der Waals surface area (Å²) in [7, 11) is 0. The van der Waals surface area contributed by atoms with Gasteiger partial charge < -0.3 is 9.67 Å². The predicted octanol–water partition coefficient (Wildman–Crippen LogP) is 3.89. The number of aliphatic hydroxyl groups is 1. The summed E-state index contributed by atoms with van der Waals surface area (Å²) in [6, 6.07) is 7.48. The highest BCUT2D eigenvalue weighted by molar-refractivity contribution is 6.42. The summed E-state index contributed by atoms with van der Waals surface area (Å²) < 4.78 is 2.05. The van der Waals surface area contributed by atoms with E-state index in [1.165, 1.54) is 0 Å². The number of benzene rings is 1. The van der Waals surface area contributed by atoms with Crippen LogP contribution in [0.5, 0.6) is 0 Å². The Morgan fingerprint density at radius 3 is 2.35 bits per heavy atom. The molecule has 1 N–H and O–H groups in total. The lowest BCUT2D eigenvalue weighted by Crippen LogP contribution is -1.99. The standard InChI is InChI=1S/C13H13Cl2NO/c1-8-5-10(7-17)9(2)16(8)11-3-4-12(14)13(15)6-11/h3-6,17H,7H2,1-2H3. The molecule has 90 valence electrons. The fraction of sp³-hybridized carbons (Fsp3) is 0.231. The molecule has 2 rings (SSSR count). The summed E-state index contributed by atoms with van der Waals surface area (Å²) >= 11 is 11.9. The molecular formula is C13H13Cl2NO. The molecule has 0 bridgehead atoms. The molecule has 0 aliphatic heterocycles. The second-order valence-electron chi connectivity index (χ2n) is 3.99. The third-order valence-electron chi connectivity index (χ3n) is 2.87. The number of aryl methyl sites for hydroxylation is 1. The SMILES string of the molecule is Cc1cc(CO)c(C)n1-c1ccc(Cl)c(Cl)c1. The molecule has 4 heteroatoms. The monoisotopic (exact) mass is 269 g/mol. The van der Waals surface area contributed by atoms with E-state index in [9.17, 15) is 5.11 Å². The average Bonchev–Trinajstić information content (AvgIpc) is 2.58. The molecule has 2 aromatic rings. The van der Waals surface area contributed by atoms with E-state index in [4.69, 9.17) is 23.2 Å². The smallest absolute Gasteiger partial charge is 0.0699 e. The maximum atomic E-state index is 9.24. The van der Waals surface area contributed by atoms with Crippen LogP contribution < -0.4 is 0 Å². The van der Waals surface area contributed by atoms with E-state index in [1.54, 1.807) is 6.07 Å². The Hall–Kier alpha value is -0.960. The summed E-state index contributed by atoms with van der Waals surface area (Å²) in [4.78, 5) is 0. The number of hydrogen-bond acceptors (Lipinski definition) is 1. The quantitative estimate of drug-likeness (QED) is 0.879. The Balaban J connectivity index is 2.60. The third kappa shape index (κ3) is 2.21. The molecular weight excluding hydrogens is 257 g/mol. The number of halogens is 2. The third-order valence-corrected chi connectivity index (χ3v) is 3.61. The van der Waals surface area contributed by atoms with Gasteiger partial charge in [-0.25, -0.2) is 0 Å². The van der Waals surface area contributed by atoms with Gasteiger partial charge in [0.25, 0.3) is 0 Å². The summed E-state index contributed by atoms with van der Waals surface area (Å²) in [5.41, 5.74) is 3.95. The van der Waals surface area contributed by atoms with Gasteiger partial charge in [0, 0.05) is 17.1 Å². The van der Waals surface area contributed by atoms with Crippen LogP contribution in [0.2, 0.25) is 10.0 Å². The minimum atomic E-state index is 0.0427. The lowest BCUT2D eigenvalue weighted by molar-refractivity contribution is 0.281. The van der Waals surface area contributed by atoms with Crippen LogP contribution in [0.4, 0.5) is 0 Å². The number of aromatic nitrogens is 1. The zero-order chi connectivity index (χ0) is 12.6. The molecule has 0 atom stereocenters. The van der Waals surface area contributed by atoms with Crippen molar-refractivity contribution in [3.63, 3.8) is 0 Å². The fourth-order valence-electron chi connectivity index (χ4n) is 2.01. The normalized spacial score (nSPS) is 10.9. The van der Waals surface area contributed by atoms with Crippen molar-refractivity contribution in [2.75, 3.05) is 0 Å². The van der Waals surface area contributed by atoms with Gasteiger partial charge in [0.15, 0.2) is 0 Å². The highest BCUT2D eigenvalue weighted by Crippen LogP contribution is 2.27. The zero-order valence-corrected chi connectivity index (χ0v) is 11.2. The minimum Gasteiger partial charge on any atom is -0.392 e. The van der Waals surface area contributed by atoms with E-state index in [1.807, 2.05) is 36.6 Å². The molecule has 0 saturated carbocycles. The van der Waals surface area contributed by atoms with Crippen molar-refractivity contribution < 1.29 is 5.11 Å². The molecule has 0 fully saturated rings. The molecule has 2 nitrogen and oxygen atoms in total. The maximum absolute atomic E-state index is 9.24. The number of nitrogens with zero attached hydrogens (tertiary/aromatic N) is 1. The molecule has 0 radical (unpaired) electrons. The van der Waals surface area contributed by atoms with Crippen molar-refractivity contribution in [1.82, 2.24) is 4.57 Å². The van der Waals surface area contributed by atoms with Crippen molar-refractivity contribution >= 4 is 23.2 Å². The first kappa shape index (κ1) is 12.5. The van der Waals surface area contributed by atoms with E-state index in [0.717, 1.165) is 22.6 Å². The topological polar surface area (TPSA) is 25.2 Å². The van der Waals surface area contributed by atoms with E-state index in [0.29, 0.717) is 10.0 Å². The lowest BCUT2D eigenvalue weighted by atomic mass is 10.2. The van der Waals surface area contributed by atoms with E-state index < -0.39 is 0 Å². The fourth-order valence-corrected chi connectivity index (χ4v) is 2.30. The minimum absolute atomic E-state index is 0.0427. The first-order valence-electron chi connectivity index (χ1n) is 5.28. The van der Waals surface area contributed by atoms with Gasteiger partial charge >= 0.3 is 0 Å². The van der Waals surface area contributed by atoms with Crippen molar-refractivity contribution in [2.24, 2.45) is 0 Å². The van der Waals surface area contributed by atoms with Gasteiger partial charge in [-0.3, -0.25) is 0 Å². The number of rotatable bonds is 2. The predicted molar refractivity (Wildman–Crippen MR) is 71.2 cm³/mol. The molecule has 17 heavy (non-hydrogen) atoms. The van der Waals surface area contributed by atoms with E-state index >= 15 is 0 Å². The first-order valence-corrected chi connectivity index (χ1v) is 6.04. The Kier molecular flexibility index (Phi) is 3.48. The van der Waals surface area contributed by atoms with Gasteiger partial charge in [-0.15, -0.1) is 0 Å². The summed E-state index contributed by atoms with van der Waals surface area (Å²) in [6.07, 6.45) is 0. The second-order valence-corrected chi connectivity index (χ2v) is 4.80. The summed E-state index contributed by atoms with van der Waals surface area (Å²) in [6.45, 7) is 4.01. The Morgan fingerprint density at radius 2 is 1.82 bits per heavy atom. The van der Waals surface area contributed by atoms with Gasteiger partial charge in [-0.05, 0) is 43.7 Å². The molecule has 1 aromatic carbocycles. The van der Waals surface area contributed by atoms with Crippen LogP contribution in [0.25, 0.3) is 5.69 Å². The molecule has 0 spiro atoms. The van der Waals surface area contributed by atoms with Crippen LogP contribution in [0.1, 0.15) is 17.0 Å². The van der Waals surface area contributed by atoms with Crippen LogP contribution in [0.3, 0.4) is 0 Å². The molecule has 0 unspecified atom stereocenters. The lowest BCUT2D eigenvalue weighted by Gasteiger charge is -2.10. The Labute approximate surface area is 110 Å². The highest BCUT2D eigenvalue weighted by atomic mass is 35.5. The summed E-state index contributed by atoms with van der Waals surface area (Å²) in [5.74, 6) is 0. The van der Waals surface area contributed by atoms with E-state index in [2.05, 4.69) is 0 Å². The molecule has 1 aromatic heterocycles. The molecule has 0 aliphatic rings. The van der Waals surface area contributed by atoms with Gasteiger partial charge in [0.05, 0.1) is 16.7 Å². The van der Waals surface area contributed by atoms with Gasteiger partial charge in [0.1, 0.15) is 0 Å². The highest BCUT2D eigenvalue weighted by Gasteiger charge is 2.10.